The van der Waals surface area contributed by atoms with Crippen molar-refractivity contribution in [3.63, 3.8) is 0 Å². The maximum absolute atomic E-state index is 15.5. The molecule has 1 unspecified atom stereocenters. The van der Waals surface area contributed by atoms with E-state index >= 15 is 4.39 Å². The van der Waals surface area contributed by atoms with E-state index in [0.29, 0.717) is 67.1 Å². The molecule has 25 heteroatoms. The molecular weight excluding hydrogens is 1080 g/mol. The van der Waals surface area contributed by atoms with E-state index in [1.54, 1.807) is 32.0 Å². The van der Waals surface area contributed by atoms with Crippen molar-refractivity contribution in [3.8, 4) is 17.1 Å². The molecule has 7 heterocycles. The number of carboxylic acids is 1. The van der Waals surface area contributed by atoms with Crippen LogP contribution in [-0.2, 0) is 86.0 Å². The van der Waals surface area contributed by atoms with Crippen LogP contribution in [0.5, 0.6) is 5.75 Å². The Balaban J connectivity index is 0.859. The van der Waals surface area contributed by atoms with E-state index < -0.39 is 98.1 Å². The number of esters is 1. The standard InChI is InChI=1S/C52H52FN5O18Se/c1-3-52(70)30-17-34-41-28(20-58(34)47(65)29(30)22-73-50(52)68)40-32(6-5-26-23(2)31(53)18-33(55-41)39(26)40)56-51(69)74-21-24-4-7-35(75-49-44(64)42(62)43(63)45(76-49)48(66)67)27-16-25(77-46(24)27)19-54-36(59)10-12-71-14-15-72-13-11-57-37(60)8-9-38(57)61/h4,7-9,16-18,32,42-45,49,62-64,70H,3,5-6,10-15,19-22H2,1-2H3,(H,54,59)(H,56,69)(H,66,67)/t32?,42-,43-,44+,45-,49+,52+/m0/s1. The van der Waals surface area contributed by atoms with Gasteiger partial charge in [0.05, 0.1) is 5.56 Å². The third-order valence-electron chi connectivity index (χ3n) is 14.5. The van der Waals surface area contributed by atoms with Gasteiger partial charge in [-0.1, -0.05) is 6.92 Å². The summed E-state index contributed by atoms with van der Waals surface area (Å²) in [6.45, 7) is 3.34. The molecule has 23 nitrogen and oxygen atoms in total. The minimum absolute atomic E-state index is 0.000820. The van der Waals surface area contributed by atoms with Crippen molar-refractivity contribution < 1.29 is 87.1 Å². The van der Waals surface area contributed by atoms with Crippen molar-refractivity contribution in [1.29, 1.82) is 0 Å². The number of aliphatic hydroxyl groups is 4. The summed E-state index contributed by atoms with van der Waals surface area (Å²) in [5.41, 5.74) is 1.44. The molecule has 4 amide bonds. The first-order valence-electron chi connectivity index (χ1n) is 24.7. The number of carbonyl (C=O) groups is 6. The predicted molar refractivity (Wildman–Crippen MR) is 263 cm³/mol. The number of aliphatic hydroxyl groups excluding tert-OH is 3. The first-order chi connectivity index (χ1) is 36.9. The third-order valence-corrected chi connectivity index (χ3v) is 17.1. The molecule has 1 saturated heterocycles. The molecule has 10 rings (SSSR count). The van der Waals surface area contributed by atoms with Gasteiger partial charge < -0.3 is 9.84 Å². The van der Waals surface area contributed by atoms with Gasteiger partial charge >= 0.3 is 344 Å². The Labute approximate surface area is 441 Å². The first kappa shape index (κ1) is 53.5. The Morgan fingerprint density at radius 1 is 0.961 bits per heavy atom. The molecule has 4 aliphatic heterocycles. The SMILES string of the molecule is CC[C@]1(O)C(=O)OCc2c1cc1n(c2=O)Cc2c-1nc1cc(F)c(C)c3c1c2C(NC(=O)OCc1ccc(O[C@@H]2O[C@H](C(=O)O)[C@@H](O)[C@H](O)[C@H]2O)c2cc(CNC(=O)CCOCCOCCN4C(=O)C=CC4=O)[se]c12)CC3. The number of hydrogen-bond acceptors (Lipinski definition) is 18. The van der Waals surface area contributed by atoms with Gasteiger partial charge in [-0.25, -0.2) is 9.18 Å². The van der Waals surface area contributed by atoms with Crippen LogP contribution in [0.4, 0.5) is 9.18 Å². The summed E-state index contributed by atoms with van der Waals surface area (Å²) in [5.74, 6) is -4.04. The van der Waals surface area contributed by atoms with Crippen LogP contribution in [-0.4, -0.2) is 154 Å². The van der Waals surface area contributed by atoms with Gasteiger partial charge in [-0.3, -0.25) is 19.3 Å². The fourth-order valence-electron chi connectivity index (χ4n) is 10.4. The number of halogens is 1. The molecule has 7 N–H and O–H groups in total. The second-order valence-corrected chi connectivity index (χ2v) is 21.5. The van der Waals surface area contributed by atoms with Crippen molar-refractivity contribution in [3.05, 3.63) is 102 Å². The minimum atomic E-state index is -2.08. The quantitative estimate of drug-likeness (QED) is 0.0272. The number of pyridine rings is 2. The number of aromatic nitrogens is 2. The van der Waals surface area contributed by atoms with Gasteiger partial charge in [0, 0.05) is 17.7 Å². The average molecular weight is 1130 g/mol. The fourth-order valence-corrected chi connectivity index (χ4v) is 12.7. The zero-order valence-electron chi connectivity index (χ0n) is 41.4. The van der Waals surface area contributed by atoms with Gasteiger partial charge in [0.1, 0.15) is 6.61 Å². The van der Waals surface area contributed by atoms with E-state index in [-0.39, 0.29) is 100 Å². The molecule has 5 aromatic rings. The first-order valence-corrected chi connectivity index (χ1v) is 26.4. The topological polar surface area (TPSA) is 321 Å². The number of carboxylic acid groups (broad SMARTS) is 1. The van der Waals surface area contributed by atoms with E-state index in [1.165, 1.54) is 28.9 Å². The number of imide groups is 1. The van der Waals surface area contributed by atoms with E-state index in [9.17, 15) is 59.1 Å². The molecule has 0 bridgehead atoms. The Morgan fingerprint density at radius 3 is 2.45 bits per heavy atom. The Kier molecular flexibility index (Phi) is 14.9. The normalized spacial score (nSPS) is 23.2. The molecule has 0 saturated carbocycles. The van der Waals surface area contributed by atoms with E-state index in [2.05, 4.69) is 10.6 Å². The van der Waals surface area contributed by atoms with Crippen LogP contribution in [0.1, 0.15) is 75.6 Å². The van der Waals surface area contributed by atoms with Crippen molar-refractivity contribution in [2.75, 3.05) is 33.0 Å². The number of aliphatic carboxylic acids is 1. The van der Waals surface area contributed by atoms with Crippen LogP contribution in [0.15, 0.2) is 47.3 Å². The van der Waals surface area contributed by atoms with Crippen LogP contribution in [0.25, 0.3) is 31.9 Å². The molecule has 0 radical (unpaired) electrons. The second kappa shape index (κ2) is 21.5. The molecule has 406 valence electrons. The van der Waals surface area contributed by atoms with Gasteiger partial charge in [-0.05, 0) is 6.42 Å². The van der Waals surface area contributed by atoms with Crippen molar-refractivity contribution >= 4 is 70.8 Å². The molecule has 5 aliphatic rings. The molecule has 0 spiro atoms. The van der Waals surface area contributed by atoms with Gasteiger partial charge in [0.25, 0.3) is 11.8 Å². The van der Waals surface area contributed by atoms with Crippen molar-refractivity contribution in [1.82, 2.24) is 25.1 Å². The number of alkyl carbamates (subject to hydrolysis) is 1. The van der Waals surface area contributed by atoms with Gasteiger partial charge in [-0.2, -0.15) is 0 Å². The number of amides is 4. The zero-order valence-corrected chi connectivity index (χ0v) is 43.1. The van der Waals surface area contributed by atoms with E-state index in [0.717, 1.165) is 9.34 Å². The summed E-state index contributed by atoms with van der Waals surface area (Å²) in [5, 5.41) is 59.6. The maximum atomic E-state index is 15.5. The summed E-state index contributed by atoms with van der Waals surface area (Å²) in [6.07, 6.45) is -7.28. The van der Waals surface area contributed by atoms with E-state index in [4.69, 9.17) is 33.4 Å². The zero-order chi connectivity index (χ0) is 54.6. The molecular formula is C52H52FN5O18Se. The van der Waals surface area contributed by atoms with Crippen LogP contribution < -0.4 is 20.9 Å². The van der Waals surface area contributed by atoms with Crippen LogP contribution in [0.3, 0.4) is 0 Å². The van der Waals surface area contributed by atoms with Crippen molar-refractivity contribution in [2.45, 2.75) is 108 Å². The number of rotatable bonds is 18. The van der Waals surface area contributed by atoms with Crippen LogP contribution in [0.2, 0.25) is 0 Å². The Hall–Kier alpha value is -6.93. The molecule has 77 heavy (non-hydrogen) atoms. The number of ether oxygens (including phenoxy) is 6. The third kappa shape index (κ3) is 9.91. The summed E-state index contributed by atoms with van der Waals surface area (Å²) in [7, 11) is 0. The van der Waals surface area contributed by atoms with Gasteiger partial charge in [0.2, 0.25) is 0 Å². The van der Waals surface area contributed by atoms with E-state index in [1.807, 2.05) is 0 Å². The summed E-state index contributed by atoms with van der Waals surface area (Å²) in [6, 6.07) is 6.95. The molecule has 7 atom stereocenters. The number of nitrogens with zero attached hydrogens (tertiary/aromatic N) is 3. The van der Waals surface area contributed by atoms with Crippen LogP contribution >= 0.6 is 0 Å². The number of aryl methyl sites for hydroxylation is 1. The Morgan fingerprint density at radius 2 is 1.71 bits per heavy atom. The number of carbonyl (C=O) groups excluding carboxylic acids is 5. The van der Waals surface area contributed by atoms with Gasteiger partial charge in [-0.15, -0.1) is 0 Å². The number of cyclic esters (lactones) is 1. The average Bonchev–Trinajstić information content (AvgIpc) is 4.13. The summed E-state index contributed by atoms with van der Waals surface area (Å²) < 4.78 is 51.9. The van der Waals surface area contributed by atoms with Gasteiger partial charge in [0.15, 0.2) is 5.60 Å². The predicted octanol–water partition coefficient (Wildman–Crippen LogP) is 0.887. The number of benzene rings is 2. The molecule has 2 aromatic carbocycles. The fraction of sp³-hybridized carbons (Fsp3) is 0.423. The summed E-state index contributed by atoms with van der Waals surface area (Å²) in [4.78, 5) is 95.0. The summed E-state index contributed by atoms with van der Waals surface area (Å²) >= 11 is -0.543. The molecule has 3 aromatic heterocycles. The Bertz CT molecular complexity index is 3360. The molecule has 1 aliphatic carbocycles. The van der Waals surface area contributed by atoms with Crippen LogP contribution in [0, 0.1) is 12.7 Å². The second-order valence-electron chi connectivity index (χ2n) is 19.1. The number of hydrogen-bond donors (Lipinski definition) is 7. The number of nitrogens with one attached hydrogen (secondary N) is 2. The molecule has 1 fully saturated rings. The number of fused-ring (bicyclic) bond motifs is 6. The monoisotopic (exact) mass is 1130 g/mol. The van der Waals surface area contributed by atoms with Crippen molar-refractivity contribution in [2.24, 2.45) is 0 Å².